The van der Waals surface area contributed by atoms with Gasteiger partial charge < -0.3 is 5.11 Å². The maximum atomic E-state index is 10.1. The van der Waals surface area contributed by atoms with Gasteiger partial charge in [0.15, 0.2) is 0 Å². The average Bonchev–Trinajstić information content (AvgIpc) is 1.82. The van der Waals surface area contributed by atoms with Gasteiger partial charge in [0.2, 0.25) is 0 Å². The lowest BCUT2D eigenvalue weighted by atomic mass is 10.2. The van der Waals surface area contributed by atoms with Gasteiger partial charge in [-0.2, -0.15) is 0 Å². The molecule has 0 aliphatic heterocycles. The minimum absolute atomic E-state index is 0.437. The summed E-state index contributed by atoms with van der Waals surface area (Å²) in [5.41, 5.74) is 0.437. The molecular formula is C6H9IO2. The van der Waals surface area contributed by atoms with E-state index in [0.29, 0.717) is 5.57 Å². The Bertz CT molecular complexity index is 129. The topological polar surface area (TPSA) is 37.3 Å². The van der Waals surface area contributed by atoms with Gasteiger partial charge in [-0.1, -0.05) is 28.7 Å². The van der Waals surface area contributed by atoms with Crippen LogP contribution in [0.15, 0.2) is 11.6 Å². The van der Waals surface area contributed by atoms with E-state index in [1.807, 2.05) is 0 Å². The van der Waals surface area contributed by atoms with E-state index in [-0.39, 0.29) is 0 Å². The van der Waals surface area contributed by atoms with Crippen LogP contribution in [0.5, 0.6) is 0 Å². The van der Waals surface area contributed by atoms with E-state index < -0.39 is 5.97 Å². The Kier molecular flexibility index (Phi) is 4.75. The van der Waals surface area contributed by atoms with Crippen molar-refractivity contribution in [2.75, 3.05) is 4.43 Å². The number of hydrogen-bond acceptors (Lipinski definition) is 1. The minimum Gasteiger partial charge on any atom is -0.478 e. The Balaban J connectivity index is 3.69. The third kappa shape index (κ3) is 4.44. The van der Waals surface area contributed by atoms with Crippen LogP contribution in [0.25, 0.3) is 0 Å². The molecule has 0 spiro atoms. The Hall–Kier alpha value is -0.0600. The second kappa shape index (κ2) is 4.78. The first-order valence-electron chi connectivity index (χ1n) is 2.64. The second-order valence-electron chi connectivity index (χ2n) is 1.67. The summed E-state index contributed by atoms with van der Waals surface area (Å²) in [5, 5.41) is 8.34. The number of carbonyl (C=O) groups is 1. The van der Waals surface area contributed by atoms with Crippen molar-refractivity contribution in [1.82, 2.24) is 0 Å². The standard InChI is InChI=1S/C6H9IO2/c1-5(6(8)9)3-2-4-7/h3H,2,4H2,1H3,(H,8,9)/b5-3+. The fourth-order valence-electron chi connectivity index (χ4n) is 0.358. The Morgan fingerprint density at radius 3 is 2.67 bits per heavy atom. The summed E-state index contributed by atoms with van der Waals surface area (Å²) < 4.78 is 0.975. The number of carboxylic acid groups (broad SMARTS) is 1. The van der Waals surface area contributed by atoms with E-state index in [2.05, 4.69) is 22.6 Å². The minimum atomic E-state index is -0.820. The molecule has 0 atom stereocenters. The van der Waals surface area contributed by atoms with E-state index in [1.165, 1.54) is 0 Å². The van der Waals surface area contributed by atoms with Crippen LogP contribution in [0, 0.1) is 0 Å². The van der Waals surface area contributed by atoms with Crippen molar-refractivity contribution in [3.63, 3.8) is 0 Å². The average molecular weight is 240 g/mol. The first kappa shape index (κ1) is 8.94. The highest BCUT2D eigenvalue weighted by molar-refractivity contribution is 14.1. The van der Waals surface area contributed by atoms with Gasteiger partial charge in [0.05, 0.1) is 0 Å². The van der Waals surface area contributed by atoms with Crippen LogP contribution in [0.2, 0.25) is 0 Å². The smallest absolute Gasteiger partial charge is 0.330 e. The number of rotatable bonds is 3. The number of halogens is 1. The van der Waals surface area contributed by atoms with Gasteiger partial charge >= 0.3 is 5.97 Å². The zero-order valence-electron chi connectivity index (χ0n) is 5.22. The Morgan fingerprint density at radius 1 is 1.78 bits per heavy atom. The van der Waals surface area contributed by atoms with Crippen LogP contribution in [0.3, 0.4) is 0 Å². The van der Waals surface area contributed by atoms with Crippen LogP contribution in [0.1, 0.15) is 13.3 Å². The number of alkyl halides is 1. The van der Waals surface area contributed by atoms with Gasteiger partial charge in [0, 0.05) is 10.0 Å². The summed E-state index contributed by atoms with van der Waals surface area (Å²) in [6, 6.07) is 0. The van der Waals surface area contributed by atoms with Gasteiger partial charge in [-0.15, -0.1) is 0 Å². The molecule has 0 rings (SSSR count). The molecule has 0 unspecified atom stereocenters. The molecule has 9 heavy (non-hydrogen) atoms. The molecule has 0 aromatic carbocycles. The Morgan fingerprint density at radius 2 is 2.33 bits per heavy atom. The molecular weight excluding hydrogens is 231 g/mol. The highest BCUT2D eigenvalue weighted by atomic mass is 127. The van der Waals surface area contributed by atoms with E-state index in [1.54, 1.807) is 13.0 Å². The lowest BCUT2D eigenvalue weighted by Crippen LogP contribution is -1.95. The summed E-state index contributed by atoms with van der Waals surface area (Å²) >= 11 is 2.21. The van der Waals surface area contributed by atoms with Crippen LogP contribution in [0.4, 0.5) is 0 Å². The van der Waals surface area contributed by atoms with Crippen LogP contribution >= 0.6 is 22.6 Å². The normalized spacial score (nSPS) is 11.6. The van der Waals surface area contributed by atoms with Gasteiger partial charge in [-0.25, -0.2) is 4.79 Å². The molecule has 3 heteroatoms. The van der Waals surface area contributed by atoms with Crippen LogP contribution in [-0.2, 0) is 4.79 Å². The summed E-state index contributed by atoms with van der Waals surface area (Å²) in [6.07, 6.45) is 2.58. The SMILES string of the molecule is C/C(=C\CCI)C(=O)O. The zero-order valence-corrected chi connectivity index (χ0v) is 7.38. The molecule has 0 saturated carbocycles. The van der Waals surface area contributed by atoms with Crippen molar-refractivity contribution >= 4 is 28.6 Å². The van der Waals surface area contributed by atoms with Crippen molar-refractivity contribution in [1.29, 1.82) is 0 Å². The number of aliphatic carboxylic acids is 1. The lowest BCUT2D eigenvalue weighted by Gasteiger charge is -1.89. The molecule has 0 aliphatic carbocycles. The number of hydrogen-bond donors (Lipinski definition) is 1. The first-order chi connectivity index (χ1) is 4.18. The largest absolute Gasteiger partial charge is 0.478 e. The highest BCUT2D eigenvalue weighted by Crippen LogP contribution is 1.97. The van der Waals surface area contributed by atoms with Crippen LogP contribution in [-0.4, -0.2) is 15.5 Å². The number of carboxylic acids is 1. The fourth-order valence-corrected chi connectivity index (χ4v) is 0.670. The zero-order chi connectivity index (χ0) is 7.28. The predicted molar refractivity (Wildman–Crippen MR) is 44.9 cm³/mol. The molecule has 0 aromatic heterocycles. The molecule has 0 aromatic rings. The van der Waals surface area contributed by atoms with Crippen molar-refractivity contribution < 1.29 is 9.90 Å². The molecule has 0 bridgehead atoms. The maximum absolute atomic E-state index is 10.1. The van der Waals surface area contributed by atoms with Gasteiger partial charge in [-0.05, 0) is 13.3 Å². The predicted octanol–water partition coefficient (Wildman–Crippen LogP) is 1.84. The molecule has 2 nitrogen and oxygen atoms in total. The van der Waals surface area contributed by atoms with Crippen LogP contribution < -0.4 is 0 Å². The molecule has 1 N–H and O–H groups in total. The Labute approximate surface area is 68.1 Å². The van der Waals surface area contributed by atoms with E-state index in [4.69, 9.17) is 5.11 Å². The summed E-state index contributed by atoms with van der Waals surface area (Å²) in [7, 11) is 0. The molecule has 52 valence electrons. The van der Waals surface area contributed by atoms with E-state index in [0.717, 1.165) is 10.8 Å². The monoisotopic (exact) mass is 240 g/mol. The summed E-state index contributed by atoms with van der Waals surface area (Å²) in [4.78, 5) is 10.1. The van der Waals surface area contributed by atoms with Gasteiger partial charge in [-0.3, -0.25) is 0 Å². The summed E-state index contributed by atoms with van der Waals surface area (Å²) in [6.45, 7) is 1.61. The van der Waals surface area contributed by atoms with E-state index in [9.17, 15) is 4.79 Å². The second-order valence-corrected chi connectivity index (χ2v) is 2.75. The molecule has 0 saturated heterocycles. The molecule has 0 radical (unpaired) electrons. The number of allylic oxidation sites excluding steroid dienone is 1. The molecule has 0 heterocycles. The van der Waals surface area contributed by atoms with Crippen molar-refractivity contribution in [2.24, 2.45) is 0 Å². The lowest BCUT2D eigenvalue weighted by molar-refractivity contribution is -0.132. The third-order valence-corrected chi connectivity index (χ3v) is 1.52. The fraction of sp³-hybridized carbons (Fsp3) is 0.500. The highest BCUT2D eigenvalue weighted by Gasteiger charge is 1.96. The quantitative estimate of drug-likeness (QED) is 0.464. The van der Waals surface area contributed by atoms with Crippen molar-refractivity contribution in [3.8, 4) is 0 Å². The third-order valence-electron chi connectivity index (χ3n) is 0.897. The maximum Gasteiger partial charge on any atom is 0.330 e. The van der Waals surface area contributed by atoms with Gasteiger partial charge in [0.1, 0.15) is 0 Å². The van der Waals surface area contributed by atoms with Crippen molar-refractivity contribution in [2.45, 2.75) is 13.3 Å². The van der Waals surface area contributed by atoms with E-state index >= 15 is 0 Å². The van der Waals surface area contributed by atoms with Crippen molar-refractivity contribution in [3.05, 3.63) is 11.6 Å². The molecule has 0 aliphatic rings. The summed E-state index contributed by atoms with van der Waals surface area (Å²) in [5.74, 6) is -0.820. The first-order valence-corrected chi connectivity index (χ1v) is 4.17. The molecule has 0 amide bonds. The molecule has 0 fully saturated rings. The van der Waals surface area contributed by atoms with Gasteiger partial charge in [0.25, 0.3) is 0 Å².